The Bertz CT molecular complexity index is 942. The van der Waals surface area contributed by atoms with E-state index >= 15 is 0 Å². The second kappa shape index (κ2) is 8.07. The van der Waals surface area contributed by atoms with Gasteiger partial charge >= 0.3 is 0 Å². The predicted molar refractivity (Wildman–Crippen MR) is 104 cm³/mol. The zero-order valence-corrected chi connectivity index (χ0v) is 16.2. The molecule has 0 radical (unpaired) electrons. The van der Waals surface area contributed by atoms with E-state index in [4.69, 9.17) is 4.74 Å². The van der Waals surface area contributed by atoms with Gasteiger partial charge in [0, 0.05) is 12.7 Å². The van der Waals surface area contributed by atoms with Crippen LogP contribution in [-0.2, 0) is 13.1 Å². The van der Waals surface area contributed by atoms with Crippen molar-refractivity contribution in [2.24, 2.45) is 0 Å². The van der Waals surface area contributed by atoms with Gasteiger partial charge in [0.1, 0.15) is 11.4 Å². The lowest BCUT2D eigenvalue weighted by Crippen LogP contribution is -2.18. The van der Waals surface area contributed by atoms with Gasteiger partial charge in [0.05, 0.1) is 30.7 Å². The summed E-state index contributed by atoms with van der Waals surface area (Å²) in [6.07, 6.45) is 2.56. The van der Waals surface area contributed by atoms with Gasteiger partial charge in [-0.25, -0.2) is 0 Å². The number of rotatable bonds is 7. The molecule has 7 heteroatoms. The first-order valence-electron chi connectivity index (χ1n) is 9.03. The normalized spacial score (nSPS) is 10.8. The lowest BCUT2D eigenvalue weighted by atomic mass is 10.2. The zero-order valence-electron chi connectivity index (χ0n) is 16.2. The number of aryl methyl sites for hydroxylation is 2. The summed E-state index contributed by atoms with van der Waals surface area (Å²) in [7, 11) is 1.65. The molecule has 0 bridgehead atoms. The summed E-state index contributed by atoms with van der Waals surface area (Å²) in [5.41, 5.74) is 4.07. The Labute approximate surface area is 159 Å². The molecule has 0 atom stereocenters. The number of carbonyl (C=O) groups is 1. The summed E-state index contributed by atoms with van der Waals surface area (Å²) in [4.78, 5) is 12.7. The first-order valence-corrected chi connectivity index (χ1v) is 9.03. The van der Waals surface area contributed by atoms with E-state index in [2.05, 4.69) is 22.4 Å². The van der Waals surface area contributed by atoms with Crippen LogP contribution in [0.4, 0.5) is 5.69 Å². The van der Waals surface area contributed by atoms with Crippen molar-refractivity contribution >= 4 is 11.6 Å². The zero-order chi connectivity index (χ0) is 19.4. The van der Waals surface area contributed by atoms with Gasteiger partial charge in [-0.05, 0) is 44.0 Å². The molecule has 0 saturated carbocycles. The van der Waals surface area contributed by atoms with Crippen LogP contribution in [0.2, 0.25) is 0 Å². The molecule has 3 aromatic rings. The fourth-order valence-corrected chi connectivity index (χ4v) is 3.07. The second-order valence-electron chi connectivity index (χ2n) is 6.45. The maximum Gasteiger partial charge on any atom is 0.274 e. The van der Waals surface area contributed by atoms with E-state index < -0.39 is 0 Å². The SMILES string of the molecule is CCCn1nccc1C(=O)Nc1c(C)nn(Cc2cccc(OC)c2)c1C. The first kappa shape index (κ1) is 18.7. The molecule has 27 heavy (non-hydrogen) atoms. The molecule has 0 aliphatic heterocycles. The Balaban J connectivity index is 1.81. The van der Waals surface area contributed by atoms with E-state index in [0.717, 1.165) is 34.8 Å². The Kier molecular flexibility index (Phi) is 5.59. The largest absolute Gasteiger partial charge is 0.497 e. The molecule has 0 aliphatic rings. The fourth-order valence-electron chi connectivity index (χ4n) is 3.07. The summed E-state index contributed by atoms with van der Waals surface area (Å²) in [5, 5.41) is 11.8. The standard InChI is InChI=1S/C20H25N5O2/c1-5-11-24-18(9-10-21-24)20(26)22-19-14(2)23-25(15(19)3)13-16-7-6-8-17(12-16)27-4/h6-10,12H,5,11,13H2,1-4H3,(H,22,26). The molecule has 0 spiro atoms. The number of carbonyl (C=O) groups excluding carboxylic acids is 1. The molecule has 0 unspecified atom stereocenters. The molecule has 7 nitrogen and oxygen atoms in total. The molecule has 2 heterocycles. The molecule has 3 rings (SSSR count). The highest BCUT2D eigenvalue weighted by Gasteiger charge is 2.18. The average molecular weight is 367 g/mol. The molecule has 0 saturated heterocycles. The highest BCUT2D eigenvalue weighted by molar-refractivity contribution is 6.03. The maximum absolute atomic E-state index is 12.7. The van der Waals surface area contributed by atoms with E-state index in [0.29, 0.717) is 18.8 Å². The highest BCUT2D eigenvalue weighted by Crippen LogP contribution is 2.22. The number of methoxy groups -OCH3 is 1. The van der Waals surface area contributed by atoms with Crippen molar-refractivity contribution in [2.75, 3.05) is 12.4 Å². The third-order valence-electron chi connectivity index (χ3n) is 4.47. The average Bonchev–Trinajstić information content (AvgIpc) is 3.22. The number of amides is 1. The van der Waals surface area contributed by atoms with Crippen molar-refractivity contribution in [3.63, 3.8) is 0 Å². The quantitative estimate of drug-likeness (QED) is 0.694. The van der Waals surface area contributed by atoms with Gasteiger partial charge < -0.3 is 10.1 Å². The van der Waals surface area contributed by atoms with Gasteiger partial charge in [-0.15, -0.1) is 0 Å². The van der Waals surface area contributed by atoms with Crippen LogP contribution in [0.3, 0.4) is 0 Å². The van der Waals surface area contributed by atoms with Gasteiger partial charge in [0.2, 0.25) is 0 Å². The van der Waals surface area contributed by atoms with E-state index in [1.165, 1.54) is 0 Å². The predicted octanol–water partition coefficient (Wildman–Crippen LogP) is 3.42. The molecule has 1 aromatic carbocycles. The Morgan fingerprint density at radius 1 is 1.22 bits per heavy atom. The lowest BCUT2D eigenvalue weighted by Gasteiger charge is -2.09. The Morgan fingerprint density at radius 3 is 2.78 bits per heavy atom. The minimum Gasteiger partial charge on any atom is -0.497 e. The number of aromatic nitrogens is 4. The van der Waals surface area contributed by atoms with Crippen molar-refractivity contribution in [2.45, 2.75) is 40.3 Å². The molecule has 142 valence electrons. The molecule has 2 aromatic heterocycles. The van der Waals surface area contributed by atoms with Crippen molar-refractivity contribution in [3.8, 4) is 5.75 Å². The second-order valence-corrected chi connectivity index (χ2v) is 6.45. The number of anilines is 1. The summed E-state index contributed by atoms with van der Waals surface area (Å²) in [5.74, 6) is 0.639. The smallest absolute Gasteiger partial charge is 0.274 e. The van der Waals surface area contributed by atoms with Gasteiger partial charge in [0.25, 0.3) is 5.91 Å². The molecule has 0 fully saturated rings. The van der Waals surface area contributed by atoms with Crippen molar-refractivity contribution in [1.82, 2.24) is 19.6 Å². The number of ether oxygens (including phenoxy) is 1. The van der Waals surface area contributed by atoms with Gasteiger partial charge in [-0.1, -0.05) is 19.1 Å². The van der Waals surface area contributed by atoms with Crippen LogP contribution in [0.5, 0.6) is 5.75 Å². The van der Waals surface area contributed by atoms with Gasteiger partial charge in [0.15, 0.2) is 0 Å². The lowest BCUT2D eigenvalue weighted by molar-refractivity contribution is 0.101. The Hall–Kier alpha value is -3.09. The highest BCUT2D eigenvalue weighted by atomic mass is 16.5. The monoisotopic (exact) mass is 367 g/mol. The van der Waals surface area contributed by atoms with Crippen molar-refractivity contribution in [1.29, 1.82) is 0 Å². The van der Waals surface area contributed by atoms with E-state index in [1.807, 2.05) is 42.8 Å². The van der Waals surface area contributed by atoms with E-state index in [1.54, 1.807) is 24.1 Å². The summed E-state index contributed by atoms with van der Waals surface area (Å²) in [6.45, 7) is 7.23. The number of nitrogens with one attached hydrogen (secondary N) is 1. The molecular weight excluding hydrogens is 342 g/mol. The third-order valence-corrected chi connectivity index (χ3v) is 4.47. The molecule has 0 aliphatic carbocycles. The molecule has 1 N–H and O–H groups in total. The van der Waals surface area contributed by atoms with Crippen LogP contribution in [-0.4, -0.2) is 32.6 Å². The summed E-state index contributed by atoms with van der Waals surface area (Å²) in [6, 6.07) is 9.61. The number of benzene rings is 1. The van der Waals surface area contributed by atoms with Crippen LogP contribution in [0.15, 0.2) is 36.5 Å². The summed E-state index contributed by atoms with van der Waals surface area (Å²) < 4.78 is 8.90. The Morgan fingerprint density at radius 2 is 2.04 bits per heavy atom. The maximum atomic E-state index is 12.7. The van der Waals surface area contributed by atoms with Crippen molar-refractivity contribution < 1.29 is 9.53 Å². The number of nitrogens with zero attached hydrogens (tertiary/aromatic N) is 4. The number of hydrogen-bond donors (Lipinski definition) is 1. The van der Waals surface area contributed by atoms with Crippen LogP contribution in [0.1, 0.15) is 40.8 Å². The van der Waals surface area contributed by atoms with E-state index in [-0.39, 0.29) is 5.91 Å². The van der Waals surface area contributed by atoms with Gasteiger partial charge in [-0.3, -0.25) is 14.2 Å². The first-order chi connectivity index (χ1) is 13.0. The minimum absolute atomic E-state index is 0.173. The number of hydrogen-bond acceptors (Lipinski definition) is 4. The van der Waals surface area contributed by atoms with Crippen LogP contribution < -0.4 is 10.1 Å². The summed E-state index contributed by atoms with van der Waals surface area (Å²) >= 11 is 0. The fraction of sp³-hybridized carbons (Fsp3) is 0.350. The van der Waals surface area contributed by atoms with Crippen molar-refractivity contribution in [3.05, 3.63) is 59.2 Å². The van der Waals surface area contributed by atoms with Crippen LogP contribution >= 0.6 is 0 Å². The van der Waals surface area contributed by atoms with E-state index in [9.17, 15) is 4.79 Å². The minimum atomic E-state index is -0.173. The molecular formula is C20H25N5O2. The van der Waals surface area contributed by atoms with Crippen LogP contribution in [0.25, 0.3) is 0 Å². The van der Waals surface area contributed by atoms with Gasteiger partial charge in [-0.2, -0.15) is 10.2 Å². The molecule has 1 amide bonds. The van der Waals surface area contributed by atoms with Crippen LogP contribution in [0, 0.1) is 13.8 Å². The third kappa shape index (κ3) is 4.02. The topological polar surface area (TPSA) is 74.0 Å².